The van der Waals surface area contributed by atoms with E-state index >= 15 is 0 Å². The number of sulfonamides is 1. The van der Waals surface area contributed by atoms with Crippen LogP contribution in [0, 0.1) is 5.92 Å². The summed E-state index contributed by atoms with van der Waals surface area (Å²) >= 11 is 5.90. The molecule has 0 bridgehead atoms. The first-order chi connectivity index (χ1) is 12.9. The van der Waals surface area contributed by atoms with E-state index in [9.17, 15) is 13.2 Å². The number of hydrogen-bond donors (Lipinski definition) is 1. The van der Waals surface area contributed by atoms with Crippen molar-refractivity contribution in [1.82, 2.24) is 14.6 Å². The van der Waals surface area contributed by atoms with Crippen LogP contribution in [0.2, 0.25) is 5.02 Å². The molecule has 1 aromatic carbocycles. The van der Waals surface area contributed by atoms with Gasteiger partial charge in [0, 0.05) is 37.1 Å². The van der Waals surface area contributed by atoms with Gasteiger partial charge in [0.25, 0.3) is 5.91 Å². The Morgan fingerprint density at radius 1 is 1.22 bits per heavy atom. The normalized spacial score (nSPS) is 15.7. The summed E-state index contributed by atoms with van der Waals surface area (Å²) in [6, 6.07) is 10.4. The minimum Gasteiger partial charge on any atom is -0.339 e. The molecule has 1 aliphatic heterocycles. The molecule has 0 aliphatic carbocycles. The molecular formula is C19H22ClN3O3S. The topological polar surface area (TPSA) is 79.4 Å². The molecule has 144 valence electrons. The summed E-state index contributed by atoms with van der Waals surface area (Å²) in [5.41, 5.74) is 1.24. The van der Waals surface area contributed by atoms with Crippen LogP contribution < -0.4 is 4.72 Å². The summed E-state index contributed by atoms with van der Waals surface area (Å²) in [7, 11) is -3.42. The van der Waals surface area contributed by atoms with Crippen LogP contribution in [0.4, 0.5) is 0 Å². The van der Waals surface area contributed by atoms with Gasteiger partial charge in [0.1, 0.15) is 0 Å². The molecule has 1 amide bonds. The van der Waals surface area contributed by atoms with Crippen molar-refractivity contribution in [3.8, 4) is 0 Å². The van der Waals surface area contributed by atoms with Gasteiger partial charge >= 0.3 is 0 Å². The quantitative estimate of drug-likeness (QED) is 0.798. The SMILES string of the molecule is O=C(c1cccnc1)N1CCC(CNS(=O)(=O)Cc2cccc(Cl)c2)CC1. The number of benzene rings is 1. The van der Waals surface area contributed by atoms with E-state index in [0.29, 0.717) is 35.8 Å². The van der Waals surface area contributed by atoms with Crippen molar-refractivity contribution in [2.75, 3.05) is 19.6 Å². The number of amides is 1. The fraction of sp³-hybridized carbons (Fsp3) is 0.368. The van der Waals surface area contributed by atoms with Crippen LogP contribution in [-0.4, -0.2) is 43.8 Å². The van der Waals surface area contributed by atoms with Gasteiger partial charge < -0.3 is 4.90 Å². The molecule has 0 atom stereocenters. The second-order valence-electron chi connectivity index (χ2n) is 6.71. The van der Waals surface area contributed by atoms with Crippen LogP contribution >= 0.6 is 11.6 Å². The lowest BCUT2D eigenvalue weighted by molar-refractivity contribution is 0.0691. The number of piperidine rings is 1. The van der Waals surface area contributed by atoms with Gasteiger partial charge in [-0.15, -0.1) is 0 Å². The second-order valence-corrected chi connectivity index (χ2v) is 8.96. The number of rotatable bonds is 6. The maximum atomic E-state index is 12.4. The highest BCUT2D eigenvalue weighted by Gasteiger charge is 2.24. The van der Waals surface area contributed by atoms with Crippen molar-refractivity contribution in [3.63, 3.8) is 0 Å². The molecule has 1 aromatic heterocycles. The van der Waals surface area contributed by atoms with Gasteiger partial charge in [-0.25, -0.2) is 13.1 Å². The highest BCUT2D eigenvalue weighted by Crippen LogP contribution is 2.19. The Morgan fingerprint density at radius 2 is 2.00 bits per heavy atom. The summed E-state index contributed by atoms with van der Waals surface area (Å²) in [6.07, 6.45) is 4.74. The maximum Gasteiger partial charge on any atom is 0.255 e. The third-order valence-corrected chi connectivity index (χ3v) is 6.20. The van der Waals surface area contributed by atoms with Crippen LogP contribution in [0.15, 0.2) is 48.8 Å². The number of carbonyl (C=O) groups is 1. The van der Waals surface area contributed by atoms with Crippen LogP contribution in [0.5, 0.6) is 0 Å². The van der Waals surface area contributed by atoms with E-state index in [2.05, 4.69) is 9.71 Å². The predicted molar refractivity (Wildman–Crippen MR) is 105 cm³/mol. The molecule has 6 nitrogen and oxygen atoms in total. The molecule has 0 unspecified atom stereocenters. The van der Waals surface area contributed by atoms with Gasteiger partial charge in [0.05, 0.1) is 11.3 Å². The van der Waals surface area contributed by atoms with Gasteiger partial charge in [0.2, 0.25) is 10.0 Å². The van der Waals surface area contributed by atoms with Gasteiger partial charge in [-0.05, 0) is 48.6 Å². The Balaban J connectivity index is 1.47. The summed E-state index contributed by atoms with van der Waals surface area (Å²) in [6.45, 7) is 1.63. The van der Waals surface area contributed by atoms with E-state index in [1.54, 1.807) is 53.7 Å². The Kier molecular flexibility index (Phi) is 6.46. The van der Waals surface area contributed by atoms with Gasteiger partial charge in [-0.1, -0.05) is 23.7 Å². The molecule has 1 saturated heterocycles. The number of hydrogen-bond acceptors (Lipinski definition) is 4. The van der Waals surface area contributed by atoms with Crippen molar-refractivity contribution >= 4 is 27.5 Å². The Labute approximate surface area is 164 Å². The number of aromatic nitrogens is 1. The highest BCUT2D eigenvalue weighted by molar-refractivity contribution is 7.88. The van der Waals surface area contributed by atoms with Crippen molar-refractivity contribution in [2.45, 2.75) is 18.6 Å². The lowest BCUT2D eigenvalue weighted by Gasteiger charge is -2.32. The summed E-state index contributed by atoms with van der Waals surface area (Å²) in [4.78, 5) is 18.2. The number of likely N-dealkylation sites (tertiary alicyclic amines) is 1. The third kappa shape index (κ3) is 5.76. The first-order valence-electron chi connectivity index (χ1n) is 8.84. The van der Waals surface area contributed by atoms with Crippen LogP contribution in [0.3, 0.4) is 0 Å². The third-order valence-electron chi connectivity index (χ3n) is 4.65. The molecule has 1 aliphatic rings. The average molecular weight is 408 g/mol. The monoisotopic (exact) mass is 407 g/mol. The number of carbonyl (C=O) groups excluding carboxylic acids is 1. The molecule has 1 fully saturated rings. The van der Waals surface area contributed by atoms with Gasteiger partial charge in [-0.3, -0.25) is 9.78 Å². The zero-order valence-corrected chi connectivity index (χ0v) is 16.4. The molecule has 2 heterocycles. The molecule has 3 rings (SSSR count). The van der Waals surface area contributed by atoms with Crippen molar-refractivity contribution in [1.29, 1.82) is 0 Å². The van der Waals surface area contributed by atoms with E-state index in [1.807, 2.05) is 0 Å². The van der Waals surface area contributed by atoms with Gasteiger partial charge in [0.15, 0.2) is 0 Å². The second kappa shape index (κ2) is 8.82. The fourth-order valence-electron chi connectivity index (χ4n) is 3.15. The molecule has 1 N–H and O–H groups in total. The van der Waals surface area contributed by atoms with Crippen molar-refractivity contribution in [3.05, 3.63) is 64.9 Å². The van der Waals surface area contributed by atoms with Crippen LogP contribution in [0.25, 0.3) is 0 Å². The van der Waals surface area contributed by atoms with E-state index in [1.165, 1.54) is 0 Å². The molecule has 0 saturated carbocycles. The minimum absolute atomic E-state index is 0.0249. The summed E-state index contributed by atoms with van der Waals surface area (Å²) < 4.78 is 27.3. The number of pyridine rings is 1. The first kappa shape index (κ1) is 19.8. The number of nitrogens with one attached hydrogen (secondary N) is 1. The molecule has 27 heavy (non-hydrogen) atoms. The largest absolute Gasteiger partial charge is 0.339 e. The van der Waals surface area contributed by atoms with E-state index in [-0.39, 0.29) is 17.6 Å². The maximum absolute atomic E-state index is 12.4. The number of halogens is 1. The summed E-state index contributed by atoms with van der Waals surface area (Å²) in [5.74, 6) is 0.103. The van der Waals surface area contributed by atoms with E-state index in [0.717, 1.165) is 12.8 Å². The lowest BCUT2D eigenvalue weighted by atomic mass is 9.97. The van der Waals surface area contributed by atoms with Gasteiger partial charge in [-0.2, -0.15) is 0 Å². The molecular weight excluding hydrogens is 386 g/mol. The highest BCUT2D eigenvalue weighted by atomic mass is 35.5. The zero-order valence-electron chi connectivity index (χ0n) is 14.8. The van der Waals surface area contributed by atoms with Crippen molar-refractivity contribution < 1.29 is 13.2 Å². The number of nitrogens with zero attached hydrogens (tertiary/aromatic N) is 2. The van der Waals surface area contributed by atoms with Crippen LogP contribution in [-0.2, 0) is 15.8 Å². The average Bonchev–Trinajstić information content (AvgIpc) is 2.67. The smallest absolute Gasteiger partial charge is 0.255 e. The lowest BCUT2D eigenvalue weighted by Crippen LogP contribution is -2.41. The standard InChI is InChI=1S/C19H22ClN3O3S/c20-18-5-1-3-16(11-18)14-27(25,26)22-12-15-6-9-23(10-7-15)19(24)17-4-2-8-21-13-17/h1-5,8,11,13,15,22H,6-7,9-10,12,14H2. The predicted octanol–water partition coefficient (Wildman–Crippen LogP) is 2.71. The first-order valence-corrected chi connectivity index (χ1v) is 10.9. The molecule has 0 spiro atoms. The minimum atomic E-state index is -3.42. The van der Waals surface area contributed by atoms with Crippen LogP contribution in [0.1, 0.15) is 28.8 Å². The molecule has 2 aromatic rings. The van der Waals surface area contributed by atoms with Crippen molar-refractivity contribution in [2.24, 2.45) is 5.92 Å². The van der Waals surface area contributed by atoms with E-state index in [4.69, 9.17) is 11.6 Å². The molecule has 8 heteroatoms. The van der Waals surface area contributed by atoms with E-state index < -0.39 is 10.0 Å². The fourth-order valence-corrected chi connectivity index (χ4v) is 4.58. The Morgan fingerprint density at radius 3 is 2.67 bits per heavy atom. The molecule has 0 radical (unpaired) electrons. The zero-order chi connectivity index (χ0) is 19.3. The Bertz CT molecular complexity index is 882. The summed E-state index contributed by atoms with van der Waals surface area (Å²) in [5, 5.41) is 0.522. The Hall–Kier alpha value is -1.96.